The van der Waals surface area contributed by atoms with Gasteiger partial charge in [0, 0.05) is 11.0 Å². The summed E-state index contributed by atoms with van der Waals surface area (Å²) in [5.41, 5.74) is 0.815. The predicted molar refractivity (Wildman–Crippen MR) is 59.2 cm³/mol. The maximum atomic E-state index is 5.14. The van der Waals surface area contributed by atoms with Crippen molar-refractivity contribution in [1.82, 2.24) is 4.98 Å². The third kappa shape index (κ3) is 2.01. The van der Waals surface area contributed by atoms with Gasteiger partial charge in [0.15, 0.2) is 5.75 Å². The second-order valence-electron chi connectivity index (χ2n) is 2.49. The van der Waals surface area contributed by atoms with E-state index < -0.39 is 0 Å². The van der Waals surface area contributed by atoms with Crippen molar-refractivity contribution in [2.24, 2.45) is 0 Å². The van der Waals surface area contributed by atoms with Crippen LogP contribution in [0.3, 0.4) is 0 Å². The zero-order valence-electron chi connectivity index (χ0n) is 8.53. The Bertz CT molecular complexity index is 339. The Kier molecular flexibility index (Phi) is 3.83. The fourth-order valence-electron chi connectivity index (χ4n) is 1.08. The Morgan fingerprint density at radius 3 is 2.57 bits per heavy atom. The normalized spacial score (nSPS) is 9.64. The van der Waals surface area contributed by atoms with E-state index in [2.05, 4.69) is 11.6 Å². The monoisotopic (exact) mass is 211 g/mol. The van der Waals surface area contributed by atoms with Crippen molar-refractivity contribution in [3.8, 4) is 11.6 Å². The number of pyridine rings is 1. The van der Waals surface area contributed by atoms with Crippen LogP contribution in [0.15, 0.2) is 17.5 Å². The van der Waals surface area contributed by atoms with Crippen molar-refractivity contribution in [1.29, 1.82) is 0 Å². The first kappa shape index (κ1) is 10.9. The molecular weight excluding hydrogens is 198 g/mol. The highest BCUT2D eigenvalue weighted by molar-refractivity contribution is 7.98. The van der Waals surface area contributed by atoms with Crippen LogP contribution in [0.5, 0.6) is 11.6 Å². The highest BCUT2D eigenvalue weighted by Crippen LogP contribution is 2.31. The first-order valence-electron chi connectivity index (χ1n) is 4.06. The predicted octanol–water partition coefficient (Wildman–Crippen LogP) is 2.46. The Hall–Kier alpha value is -1.16. The zero-order valence-corrected chi connectivity index (χ0v) is 9.35. The van der Waals surface area contributed by atoms with E-state index in [1.165, 1.54) is 0 Å². The van der Waals surface area contributed by atoms with Crippen LogP contribution in [-0.2, 0) is 0 Å². The fourth-order valence-corrected chi connectivity index (χ4v) is 1.64. The topological polar surface area (TPSA) is 31.4 Å². The van der Waals surface area contributed by atoms with Gasteiger partial charge in [-0.3, -0.25) is 0 Å². The minimum Gasteiger partial charge on any atom is -0.491 e. The van der Waals surface area contributed by atoms with E-state index >= 15 is 0 Å². The van der Waals surface area contributed by atoms with E-state index in [4.69, 9.17) is 9.47 Å². The molecule has 76 valence electrons. The molecule has 0 unspecified atom stereocenters. The largest absolute Gasteiger partial charge is 0.491 e. The number of nitrogens with zero attached hydrogens (tertiary/aromatic N) is 1. The van der Waals surface area contributed by atoms with Gasteiger partial charge >= 0.3 is 0 Å². The molecule has 0 aliphatic carbocycles. The lowest BCUT2D eigenvalue weighted by Gasteiger charge is -2.09. The van der Waals surface area contributed by atoms with E-state index in [0.717, 1.165) is 10.6 Å². The molecule has 1 rings (SSSR count). The average molecular weight is 211 g/mol. The molecule has 3 nitrogen and oxygen atoms in total. The third-order valence-corrected chi connectivity index (χ3v) is 2.54. The maximum absolute atomic E-state index is 5.14. The molecule has 1 aromatic heterocycles. The molecule has 4 heteroatoms. The molecule has 0 amide bonds. The molecule has 0 saturated carbocycles. The van der Waals surface area contributed by atoms with Crippen molar-refractivity contribution in [3.63, 3.8) is 0 Å². The lowest BCUT2D eigenvalue weighted by molar-refractivity contribution is 0.341. The number of methoxy groups -OCH3 is 2. The first-order valence-corrected chi connectivity index (χ1v) is 5.28. The average Bonchev–Trinajstić information content (AvgIpc) is 2.26. The number of rotatable bonds is 4. The smallest absolute Gasteiger partial charge is 0.257 e. The minimum atomic E-state index is 0.486. The number of ether oxygens (including phenoxy) is 2. The van der Waals surface area contributed by atoms with Gasteiger partial charge in [-0.15, -0.1) is 11.8 Å². The number of thioether (sulfide) groups is 1. The third-order valence-electron chi connectivity index (χ3n) is 1.77. The summed E-state index contributed by atoms with van der Waals surface area (Å²) in [5, 5.41) is 0. The van der Waals surface area contributed by atoms with E-state index in [9.17, 15) is 0 Å². The van der Waals surface area contributed by atoms with E-state index in [0.29, 0.717) is 11.6 Å². The van der Waals surface area contributed by atoms with Gasteiger partial charge in [0.2, 0.25) is 0 Å². The maximum Gasteiger partial charge on any atom is 0.257 e. The number of hydrogen-bond acceptors (Lipinski definition) is 4. The molecule has 1 aromatic rings. The fraction of sp³-hybridized carbons (Fsp3) is 0.300. The van der Waals surface area contributed by atoms with E-state index in [-0.39, 0.29) is 0 Å². The van der Waals surface area contributed by atoms with Gasteiger partial charge < -0.3 is 9.47 Å². The summed E-state index contributed by atoms with van der Waals surface area (Å²) in [6.07, 6.45) is 3.68. The summed E-state index contributed by atoms with van der Waals surface area (Å²) in [6.45, 7) is 3.70. The molecule has 0 radical (unpaired) electrons. The van der Waals surface area contributed by atoms with Gasteiger partial charge in [0.25, 0.3) is 5.88 Å². The molecule has 14 heavy (non-hydrogen) atoms. The van der Waals surface area contributed by atoms with Crippen LogP contribution in [0.4, 0.5) is 0 Å². The molecule has 0 aliphatic rings. The van der Waals surface area contributed by atoms with Crippen molar-refractivity contribution in [3.05, 3.63) is 18.3 Å². The van der Waals surface area contributed by atoms with Crippen LogP contribution in [0, 0.1) is 0 Å². The van der Waals surface area contributed by atoms with Crippen LogP contribution >= 0.6 is 11.8 Å². The molecule has 1 heterocycles. The summed E-state index contributed by atoms with van der Waals surface area (Å²) in [6, 6.07) is 1.90. The Morgan fingerprint density at radius 1 is 1.43 bits per heavy atom. The molecule has 0 bridgehead atoms. The van der Waals surface area contributed by atoms with Crippen molar-refractivity contribution >= 4 is 17.8 Å². The van der Waals surface area contributed by atoms with Crippen LogP contribution < -0.4 is 9.47 Å². The molecule has 0 spiro atoms. The molecule has 0 saturated heterocycles. The van der Waals surface area contributed by atoms with Crippen LogP contribution in [0.2, 0.25) is 0 Å². The van der Waals surface area contributed by atoms with Gasteiger partial charge in [-0.1, -0.05) is 6.58 Å². The highest BCUT2D eigenvalue weighted by Gasteiger charge is 2.09. The summed E-state index contributed by atoms with van der Waals surface area (Å²) < 4.78 is 10.2. The molecule has 0 atom stereocenters. The SMILES string of the molecule is C=Cc1nc(OC)c(OC)cc1SC. The van der Waals surface area contributed by atoms with Gasteiger partial charge in [0.05, 0.1) is 19.9 Å². The summed E-state index contributed by atoms with van der Waals surface area (Å²) >= 11 is 1.60. The quantitative estimate of drug-likeness (QED) is 0.716. The lowest BCUT2D eigenvalue weighted by Crippen LogP contribution is -1.96. The van der Waals surface area contributed by atoms with Crippen LogP contribution in [-0.4, -0.2) is 25.5 Å². The molecular formula is C10H13NO2S. The van der Waals surface area contributed by atoms with Gasteiger partial charge in [-0.25, -0.2) is 4.98 Å². The number of aromatic nitrogens is 1. The van der Waals surface area contributed by atoms with Crippen molar-refractivity contribution in [2.45, 2.75) is 4.90 Å². The van der Waals surface area contributed by atoms with E-state index in [1.54, 1.807) is 32.1 Å². The first-order chi connectivity index (χ1) is 6.76. The van der Waals surface area contributed by atoms with Gasteiger partial charge in [0.1, 0.15) is 0 Å². The van der Waals surface area contributed by atoms with E-state index in [1.807, 2.05) is 12.3 Å². The molecule has 0 aliphatic heterocycles. The second kappa shape index (κ2) is 4.91. The second-order valence-corrected chi connectivity index (χ2v) is 3.34. The highest BCUT2D eigenvalue weighted by atomic mass is 32.2. The van der Waals surface area contributed by atoms with Crippen LogP contribution in [0.1, 0.15) is 5.69 Å². The molecule has 0 fully saturated rings. The number of hydrogen-bond donors (Lipinski definition) is 0. The summed E-state index contributed by atoms with van der Waals surface area (Å²) in [4.78, 5) is 5.29. The van der Waals surface area contributed by atoms with Crippen molar-refractivity contribution in [2.75, 3.05) is 20.5 Å². The minimum absolute atomic E-state index is 0.486. The van der Waals surface area contributed by atoms with Gasteiger partial charge in [-0.2, -0.15) is 0 Å². The standard InChI is InChI=1S/C10H13NO2S/c1-5-7-9(14-4)6-8(12-2)10(11-7)13-3/h5-6H,1H2,2-4H3. The Morgan fingerprint density at radius 2 is 2.14 bits per heavy atom. The summed E-state index contributed by atoms with van der Waals surface area (Å²) in [5.74, 6) is 1.13. The lowest BCUT2D eigenvalue weighted by atomic mass is 10.3. The van der Waals surface area contributed by atoms with Crippen molar-refractivity contribution < 1.29 is 9.47 Å². The molecule has 0 aromatic carbocycles. The Labute approximate surface area is 88.1 Å². The zero-order chi connectivity index (χ0) is 10.6. The van der Waals surface area contributed by atoms with Gasteiger partial charge in [-0.05, 0) is 12.3 Å². The Balaban J connectivity index is 3.27. The summed E-state index contributed by atoms with van der Waals surface area (Å²) in [7, 11) is 3.16. The molecule has 0 N–H and O–H groups in total. The van der Waals surface area contributed by atoms with Crippen LogP contribution in [0.25, 0.3) is 6.08 Å².